The number of primary sulfonamides is 1. The number of benzene rings is 5. The van der Waals surface area contributed by atoms with Crippen LogP contribution >= 0.6 is 0 Å². The number of rotatable bonds is 32. The molecule has 106 heavy (non-hydrogen) atoms. The second-order valence-electron chi connectivity index (χ2n) is 28.8. The van der Waals surface area contributed by atoms with E-state index in [1.165, 1.54) is 23.5 Å². The van der Waals surface area contributed by atoms with Gasteiger partial charge in [-0.15, -0.1) is 0 Å². The number of methoxy groups -OCH3 is 1. The molecule has 29 heteroatoms. The van der Waals surface area contributed by atoms with Crippen LogP contribution < -0.4 is 32.1 Å². The molecule has 9 N–H and O–H groups in total. The highest BCUT2D eigenvalue weighted by Gasteiger charge is 2.56. The Balaban J connectivity index is 0.000000227. The van der Waals surface area contributed by atoms with Crippen molar-refractivity contribution in [2.24, 2.45) is 28.1 Å². The first-order valence-electron chi connectivity index (χ1n) is 34.9. The first kappa shape index (κ1) is 84.1. The number of esters is 1. The van der Waals surface area contributed by atoms with E-state index in [1.54, 1.807) is 72.6 Å². The number of ether oxygens (including phenoxy) is 7. The molecule has 0 bridgehead atoms. The highest BCUT2D eigenvalue weighted by atomic mass is 32.2. The fourth-order valence-electron chi connectivity index (χ4n) is 11.3. The van der Waals surface area contributed by atoms with E-state index >= 15 is 0 Å². The third kappa shape index (κ3) is 26.7. The minimum absolute atomic E-state index is 0.00584. The summed E-state index contributed by atoms with van der Waals surface area (Å²) >= 11 is 0. The molecule has 2 saturated heterocycles. The van der Waals surface area contributed by atoms with Crippen LogP contribution in [0.4, 0.5) is 10.6 Å². The van der Waals surface area contributed by atoms with E-state index in [9.17, 15) is 42.3 Å². The summed E-state index contributed by atoms with van der Waals surface area (Å²) in [7, 11) is -4.46. The van der Waals surface area contributed by atoms with E-state index in [0.717, 1.165) is 30.4 Å². The van der Waals surface area contributed by atoms with Crippen molar-refractivity contribution < 1.29 is 79.9 Å². The number of nitrogens with two attached hydrogens (primary N) is 2. The molecule has 9 rings (SSSR count). The van der Waals surface area contributed by atoms with Gasteiger partial charge in [0.1, 0.15) is 63.3 Å². The lowest BCUT2D eigenvalue weighted by Crippen LogP contribution is -2.56. The first-order chi connectivity index (χ1) is 50.2. The molecule has 2 aliphatic heterocycles. The summed E-state index contributed by atoms with van der Waals surface area (Å²) in [6.45, 7) is 20.8. The van der Waals surface area contributed by atoms with Crippen LogP contribution in [0.5, 0.6) is 0 Å². The molecule has 8 atom stereocenters. The van der Waals surface area contributed by atoms with Gasteiger partial charge in [0.05, 0.1) is 24.8 Å². The van der Waals surface area contributed by atoms with Crippen molar-refractivity contribution in [2.45, 2.75) is 161 Å². The van der Waals surface area contributed by atoms with E-state index in [2.05, 4.69) is 131 Å². The Kier molecular flexibility index (Phi) is 31.3. The second kappa shape index (κ2) is 39.5. The standard InChI is InChI=1S/C37H50O5Si.C22H27N5O7S.C18H25N5O5/c1-37(2,3)43(5,6)42-25-24-34(33(26-30-16-10-7-11-17-30)27-31-18-12-8-13-19-31)35(41-29-39-4)22-23-36(38)40-28-32-20-14-9-15-21-32;23-20(29)18(14-35(24,32)33)27-21(30)17(11-15-7-3-1-4-8-15)26-19(28)12-25-22(31)34-13-16-9-5-2-6-10-16;1-17(2,3)16(25)22-13-10-14(20-7-19-13)23(8-21-10)15-12-11(9(6-24)26-15)27-18(4,5)28-12/h7-23,33-35H,24-29H2,1-6H3;1-10,17-18H,11-14H2,(H2,23,29)(H,25,31)(H,26,28)(H,27,30)(H2,24,32,33);7-9,11-12,15,24H,6H2,1-5H3,(H,19,20,22,25)/b23-22+;;/t34-,35-;;9-,11?,12?,15-/m0.1/s1. The van der Waals surface area contributed by atoms with Crippen LogP contribution in [0.2, 0.25) is 18.1 Å². The maximum atomic E-state index is 12.8. The first-order valence-corrected chi connectivity index (χ1v) is 39.6. The quantitative estimate of drug-likeness (QED) is 0.00898. The maximum absolute atomic E-state index is 12.8. The van der Waals surface area contributed by atoms with Gasteiger partial charge in [0, 0.05) is 31.6 Å². The Morgan fingerprint density at radius 3 is 1.75 bits per heavy atom. The Labute approximate surface area is 621 Å². The summed E-state index contributed by atoms with van der Waals surface area (Å²) in [6.07, 6.45) is 5.72. The number of aliphatic hydroxyl groups is 1. The monoisotopic (exact) mass is 1500 g/mol. The lowest BCUT2D eigenvalue weighted by molar-refractivity contribution is -0.199. The van der Waals surface area contributed by atoms with Gasteiger partial charge >= 0.3 is 12.1 Å². The van der Waals surface area contributed by atoms with Crippen molar-refractivity contribution in [1.29, 1.82) is 0 Å². The number of amides is 5. The van der Waals surface area contributed by atoms with Crippen molar-refractivity contribution in [3.63, 3.8) is 0 Å². The van der Waals surface area contributed by atoms with Crippen molar-refractivity contribution in [3.05, 3.63) is 204 Å². The largest absolute Gasteiger partial charge is 0.458 e. The molecule has 4 heterocycles. The molecule has 2 aromatic heterocycles. The van der Waals surface area contributed by atoms with Crippen LogP contribution in [0.1, 0.15) is 95.9 Å². The van der Waals surface area contributed by atoms with Crippen LogP contribution in [0.3, 0.4) is 0 Å². The molecule has 5 aromatic carbocycles. The zero-order valence-electron chi connectivity index (χ0n) is 62.0. The van der Waals surface area contributed by atoms with Crippen molar-refractivity contribution in [2.75, 3.05) is 44.7 Å². The summed E-state index contributed by atoms with van der Waals surface area (Å²) in [5.41, 5.74) is 10.5. The molecule has 4 unspecified atom stereocenters. The van der Waals surface area contributed by atoms with Gasteiger partial charge in [-0.25, -0.2) is 38.1 Å². The summed E-state index contributed by atoms with van der Waals surface area (Å²) in [5, 5.41) is 24.5. The maximum Gasteiger partial charge on any atom is 0.407 e. The molecular weight excluding hydrogens is 1400 g/mol. The van der Waals surface area contributed by atoms with Crippen molar-refractivity contribution >= 4 is 71.0 Å². The molecule has 0 aliphatic carbocycles. The minimum atomic E-state index is -4.13. The van der Waals surface area contributed by atoms with Gasteiger partial charge in [-0.05, 0) is 97.0 Å². The molecule has 5 amide bonds. The average molecular weight is 1500 g/mol. The molecule has 27 nitrogen and oxygen atoms in total. The van der Waals surface area contributed by atoms with Crippen molar-refractivity contribution in [1.82, 2.24) is 35.5 Å². The smallest absolute Gasteiger partial charge is 0.407 e. The molecule has 2 fully saturated rings. The number of carbonyl (C=O) groups excluding carboxylic acids is 6. The number of anilines is 1. The number of alkyl carbamates (subject to hydrolysis) is 1. The van der Waals surface area contributed by atoms with Gasteiger partial charge in [-0.2, -0.15) is 0 Å². The lowest BCUT2D eigenvalue weighted by Gasteiger charge is -2.38. The van der Waals surface area contributed by atoms with Gasteiger partial charge in [-0.1, -0.05) is 193 Å². The van der Waals surface area contributed by atoms with Crippen LogP contribution in [0, 0.1) is 17.3 Å². The Morgan fingerprint density at radius 2 is 1.25 bits per heavy atom. The topological polar surface area (TPSA) is 374 Å². The molecule has 0 saturated carbocycles. The summed E-state index contributed by atoms with van der Waals surface area (Å²) in [5.74, 6) is -4.33. The minimum Gasteiger partial charge on any atom is -0.458 e. The normalized spacial score (nSPS) is 17.5. The number of fused-ring (bicyclic) bond motifs is 2. The SMILES string of the molecule is CC1(C)OC2C(O1)[C@@H](CO)O[C@H]2n1cnc2c(NC(=O)C(C)(C)C)ncnc21.COCO[C@@H](/C=C/C(=O)OCc1ccccc1)[C@@H](CCO[Si](C)(C)C(C)(C)C)C(Cc1ccccc1)Cc1ccccc1.NC(=O)C(CS(N)(=O)=O)NC(=O)C(Cc1ccccc1)NC(=O)CNC(=O)OCc1ccccc1. The fraction of sp³-hybridized carbons (Fsp3) is 0.442. The lowest BCUT2D eigenvalue weighted by atomic mass is 9.77. The molecule has 0 spiro atoms. The third-order valence-corrected chi connectivity index (χ3v) is 23.2. The number of primary amides is 1. The van der Waals surface area contributed by atoms with E-state index in [0.29, 0.717) is 29.2 Å². The highest BCUT2D eigenvalue weighted by molar-refractivity contribution is 7.89. The van der Waals surface area contributed by atoms with Crippen LogP contribution in [0.25, 0.3) is 11.2 Å². The predicted molar refractivity (Wildman–Crippen MR) is 401 cm³/mol. The number of sulfonamides is 1. The highest BCUT2D eigenvalue weighted by Crippen LogP contribution is 2.44. The van der Waals surface area contributed by atoms with Crippen molar-refractivity contribution in [3.8, 4) is 0 Å². The van der Waals surface area contributed by atoms with Crippen LogP contribution in [-0.4, -0.2) is 159 Å². The number of aliphatic hydroxyl groups excluding tert-OH is 1. The Morgan fingerprint density at radius 1 is 0.717 bits per heavy atom. The van der Waals surface area contributed by atoms with E-state index in [4.69, 9.17) is 48.5 Å². The molecule has 572 valence electrons. The Bertz CT molecular complexity index is 4050. The molecule has 7 aromatic rings. The number of imidazole rings is 1. The van der Waals surface area contributed by atoms with Crippen LogP contribution in [-0.2, 0) is 104 Å². The summed E-state index contributed by atoms with van der Waals surface area (Å²) in [4.78, 5) is 86.7. The van der Waals surface area contributed by atoms with Gasteiger partial charge in [0.15, 0.2) is 37.3 Å². The number of hydrogen-bond donors (Lipinski definition) is 7. The number of hydrogen-bond acceptors (Lipinski definition) is 20. The van der Waals surface area contributed by atoms with E-state index in [1.807, 2.05) is 77.1 Å². The van der Waals surface area contributed by atoms with Gasteiger partial charge in [0.2, 0.25) is 33.7 Å². The number of nitrogens with one attached hydrogen (secondary N) is 4. The van der Waals surface area contributed by atoms with Gasteiger partial charge < -0.3 is 69.7 Å². The summed E-state index contributed by atoms with van der Waals surface area (Å²) < 4.78 is 71.2. The zero-order valence-corrected chi connectivity index (χ0v) is 63.9. The summed E-state index contributed by atoms with van der Waals surface area (Å²) in [6, 6.07) is 45.6. The third-order valence-electron chi connectivity index (χ3n) is 17.9. The number of aromatic nitrogens is 4. The zero-order chi connectivity index (χ0) is 77.2. The molecule has 2 aliphatic rings. The Hall–Kier alpha value is -9.14. The fourth-order valence-corrected chi connectivity index (χ4v) is 13.1. The average Bonchev–Trinajstić information content (AvgIpc) is 1.59. The second-order valence-corrected chi connectivity index (χ2v) is 35.2. The number of carbonyl (C=O) groups is 6. The van der Waals surface area contributed by atoms with Gasteiger partial charge in [-0.3, -0.25) is 23.7 Å². The molecular formula is C77H102N10O17SSi. The predicted octanol–water partition coefficient (Wildman–Crippen LogP) is 8.52. The van der Waals surface area contributed by atoms with Gasteiger partial charge in [0.25, 0.3) is 0 Å². The number of nitrogens with zero attached hydrogens (tertiary/aromatic N) is 4. The van der Waals surface area contributed by atoms with E-state index in [-0.39, 0.29) is 61.9 Å². The van der Waals surface area contributed by atoms with E-state index < -0.39 is 108 Å². The van der Waals surface area contributed by atoms with Crippen LogP contribution in [0.15, 0.2) is 176 Å². The molecule has 0 radical (unpaired) electrons.